The molecule has 0 saturated heterocycles. The van der Waals surface area contributed by atoms with Crippen LogP contribution >= 0.6 is 11.6 Å². The normalized spacial score (nSPS) is 15.2. The van der Waals surface area contributed by atoms with Gasteiger partial charge in [0.25, 0.3) is 0 Å². The third kappa shape index (κ3) is 2.47. The SMILES string of the molecule is CCc1cc(Cl)ccc1[C@H](N)[C@H](C)O. The van der Waals surface area contributed by atoms with Crippen molar-refractivity contribution >= 4 is 11.6 Å². The van der Waals surface area contributed by atoms with E-state index in [9.17, 15) is 5.11 Å². The Morgan fingerprint density at radius 1 is 1.50 bits per heavy atom. The van der Waals surface area contributed by atoms with Gasteiger partial charge in [-0.1, -0.05) is 24.6 Å². The van der Waals surface area contributed by atoms with Gasteiger partial charge in [-0.25, -0.2) is 0 Å². The van der Waals surface area contributed by atoms with Gasteiger partial charge in [0, 0.05) is 5.02 Å². The number of aliphatic hydroxyl groups is 1. The number of benzene rings is 1. The molecule has 0 bridgehead atoms. The van der Waals surface area contributed by atoms with E-state index in [0.29, 0.717) is 5.02 Å². The van der Waals surface area contributed by atoms with Gasteiger partial charge in [0.05, 0.1) is 12.1 Å². The molecule has 0 heterocycles. The van der Waals surface area contributed by atoms with Crippen LogP contribution in [0, 0.1) is 0 Å². The van der Waals surface area contributed by atoms with Gasteiger partial charge in [0.1, 0.15) is 0 Å². The van der Waals surface area contributed by atoms with Gasteiger partial charge >= 0.3 is 0 Å². The van der Waals surface area contributed by atoms with Gasteiger partial charge in [-0.05, 0) is 36.6 Å². The van der Waals surface area contributed by atoms with E-state index in [1.807, 2.05) is 19.1 Å². The monoisotopic (exact) mass is 213 g/mol. The Morgan fingerprint density at radius 3 is 2.64 bits per heavy atom. The van der Waals surface area contributed by atoms with E-state index in [1.54, 1.807) is 13.0 Å². The molecule has 3 N–H and O–H groups in total. The van der Waals surface area contributed by atoms with E-state index < -0.39 is 6.10 Å². The second kappa shape index (κ2) is 4.78. The average molecular weight is 214 g/mol. The molecule has 0 saturated carbocycles. The minimum Gasteiger partial charge on any atom is -0.391 e. The Morgan fingerprint density at radius 2 is 2.14 bits per heavy atom. The zero-order valence-corrected chi connectivity index (χ0v) is 9.25. The minimum absolute atomic E-state index is 0.331. The molecule has 1 aromatic carbocycles. The predicted octanol–water partition coefficient (Wildman–Crippen LogP) is 2.28. The summed E-state index contributed by atoms with van der Waals surface area (Å²) in [6.45, 7) is 3.74. The van der Waals surface area contributed by atoms with Crippen LogP contribution in [0.5, 0.6) is 0 Å². The zero-order chi connectivity index (χ0) is 10.7. The zero-order valence-electron chi connectivity index (χ0n) is 8.50. The quantitative estimate of drug-likeness (QED) is 0.810. The molecular weight excluding hydrogens is 198 g/mol. The second-order valence-electron chi connectivity index (χ2n) is 3.46. The summed E-state index contributed by atoms with van der Waals surface area (Å²) in [6.07, 6.45) is 0.331. The summed E-state index contributed by atoms with van der Waals surface area (Å²) in [5.41, 5.74) is 7.95. The van der Waals surface area contributed by atoms with Crippen molar-refractivity contribution in [3.63, 3.8) is 0 Å². The minimum atomic E-state index is -0.540. The van der Waals surface area contributed by atoms with E-state index in [-0.39, 0.29) is 6.04 Å². The topological polar surface area (TPSA) is 46.2 Å². The molecule has 0 unspecified atom stereocenters. The third-order valence-electron chi connectivity index (χ3n) is 2.36. The number of aliphatic hydroxyl groups excluding tert-OH is 1. The van der Waals surface area contributed by atoms with Crippen molar-refractivity contribution < 1.29 is 5.11 Å². The standard InChI is InChI=1S/C11H16ClNO/c1-3-8-6-9(12)4-5-10(8)11(13)7(2)14/h4-7,11,14H,3,13H2,1-2H3/t7-,11+/m0/s1. The summed E-state index contributed by atoms with van der Waals surface area (Å²) in [5.74, 6) is 0. The molecule has 0 aliphatic heterocycles. The maximum absolute atomic E-state index is 9.41. The number of nitrogens with two attached hydrogens (primary N) is 1. The highest BCUT2D eigenvalue weighted by molar-refractivity contribution is 6.30. The lowest BCUT2D eigenvalue weighted by atomic mass is 9.96. The van der Waals surface area contributed by atoms with Crippen LogP contribution in [-0.4, -0.2) is 11.2 Å². The molecule has 2 nitrogen and oxygen atoms in total. The molecule has 78 valence electrons. The Bertz CT molecular complexity index is 312. The molecule has 14 heavy (non-hydrogen) atoms. The molecule has 0 spiro atoms. The molecule has 2 atom stereocenters. The summed E-state index contributed by atoms with van der Waals surface area (Å²) in [4.78, 5) is 0. The number of rotatable bonds is 3. The first-order chi connectivity index (χ1) is 6.56. The smallest absolute Gasteiger partial charge is 0.0704 e. The highest BCUT2D eigenvalue weighted by Gasteiger charge is 2.15. The van der Waals surface area contributed by atoms with E-state index in [2.05, 4.69) is 0 Å². The fourth-order valence-corrected chi connectivity index (χ4v) is 1.66. The summed E-state index contributed by atoms with van der Waals surface area (Å²) < 4.78 is 0. The Kier molecular flexibility index (Phi) is 3.93. The number of hydrogen-bond acceptors (Lipinski definition) is 2. The van der Waals surface area contributed by atoms with Crippen molar-refractivity contribution in [3.05, 3.63) is 34.3 Å². The first kappa shape index (κ1) is 11.5. The first-order valence-electron chi connectivity index (χ1n) is 4.78. The lowest BCUT2D eigenvalue weighted by Crippen LogP contribution is -2.24. The van der Waals surface area contributed by atoms with Crippen LogP contribution in [0.1, 0.15) is 31.0 Å². The fourth-order valence-electron chi connectivity index (χ4n) is 1.47. The molecule has 0 fully saturated rings. The molecule has 1 aromatic rings. The van der Waals surface area contributed by atoms with Crippen molar-refractivity contribution in [2.75, 3.05) is 0 Å². The molecule has 0 aromatic heterocycles. The Balaban J connectivity index is 3.07. The molecule has 0 aliphatic carbocycles. The number of hydrogen-bond donors (Lipinski definition) is 2. The van der Waals surface area contributed by atoms with Crippen LogP contribution in [0.2, 0.25) is 5.02 Å². The Hall–Kier alpha value is -0.570. The molecule has 0 aliphatic rings. The van der Waals surface area contributed by atoms with Gasteiger partial charge in [0.2, 0.25) is 0 Å². The summed E-state index contributed by atoms with van der Waals surface area (Å²) in [5, 5.41) is 10.1. The van der Waals surface area contributed by atoms with E-state index in [0.717, 1.165) is 17.5 Å². The van der Waals surface area contributed by atoms with Crippen molar-refractivity contribution in [1.82, 2.24) is 0 Å². The van der Waals surface area contributed by atoms with Crippen LogP contribution < -0.4 is 5.73 Å². The first-order valence-corrected chi connectivity index (χ1v) is 5.16. The van der Waals surface area contributed by atoms with Gasteiger partial charge < -0.3 is 10.8 Å². The maximum atomic E-state index is 9.41. The van der Waals surface area contributed by atoms with Crippen molar-refractivity contribution in [2.45, 2.75) is 32.4 Å². The maximum Gasteiger partial charge on any atom is 0.0704 e. The molecule has 3 heteroatoms. The number of aryl methyl sites for hydroxylation is 1. The summed E-state index contributed by atoms with van der Waals surface area (Å²) in [6, 6.07) is 5.26. The number of halogens is 1. The van der Waals surface area contributed by atoms with Gasteiger partial charge in [-0.2, -0.15) is 0 Å². The second-order valence-corrected chi connectivity index (χ2v) is 3.90. The van der Waals surface area contributed by atoms with Crippen molar-refractivity contribution in [3.8, 4) is 0 Å². The molecule has 0 radical (unpaired) electrons. The highest BCUT2D eigenvalue weighted by Crippen LogP contribution is 2.23. The molecule has 1 rings (SSSR count). The fraction of sp³-hybridized carbons (Fsp3) is 0.455. The van der Waals surface area contributed by atoms with E-state index >= 15 is 0 Å². The predicted molar refractivity (Wildman–Crippen MR) is 59.4 cm³/mol. The van der Waals surface area contributed by atoms with Gasteiger partial charge in [-0.3, -0.25) is 0 Å². The average Bonchev–Trinajstić information content (AvgIpc) is 2.16. The van der Waals surface area contributed by atoms with Crippen molar-refractivity contribution in [2.24, 2.45) is 5.73 Å². The van der Waals surface area contributed by atoms with E-state index in [4.69, 9.17) is 17.3 Å². The highest BCUT2D eigenvalue weighted by atomic mass is 35.5. The van der Waals surface area contributed by atoms with Crippen LogP contribution in [0.25, 0.3) is 0 Å². The summed E-state index contributed by atoms with van der Waals surface area (Å²) in [7, 11) is 0. The molecule has 0 amide bonds. The van der Waals surface area contributed by atoms with Crippen molar-refractivity contribution in [1.29, 1.82) is 0 Å². The Labute approximate surface area is 89.7 Å². The van der Waals surface area contributed by atoms with Crippen LogP contribution in [0.15, 0.2) is 18.2 Å². The largest absolute Gasteiger partial charge is 0.391 e. The lowest BCUT2D eigenvalue weighted by molar-refractivity contribution is 0.164. The van der Waals surface area contributed by atoms with Crippen LogP contribution in [0.4, 0.5) is 0 Å². The van der Waals surface area contributed by atoms with Crippen LogP contribution in [-0.2, 0) is 6.42 Å². The van der Waals surface area contributed by atoms with E-state index in [1.165, 1.54) is 0 Å². The third-order valence-corrected chi connectivity index (χ3v) is 2.60. The lowest BCUT2D eigenvalue weighted by Gasteiger charge is -2.18. The molecular formula is C11H16ClNO. The van der Waals surface area contributed by atoms with Crippen LogP contribution in [0.3, 0.4) is 0 Å². The van der Waals surface area contributed by atoms with Gasteiger partial charge in [0.15, 0.2) is 0 Å². The van der Waals surface area contributed by atoms with Gasteiger partial charge in [-0.15, -0.1) is 0 Å². The summed E-state index contributed by atoms with van der Waals surface area (Å²) >= 11 is 5.88.